The van der Waals surface area contributed by atoms with Crippen molar-refractivity contribution in [2.45, 2.75) is 26.3 Å². The quantitative estimate of drug-likeness (QED) is 0.753. The molecule has 1 amide bonds. The molecule has 2 aromatic rings. The van der Waals surface area contributed by atoms with Crippen molar-refractivity contribution >= 4 is 29.3 Å². The number of nitrogens with zero attached hydrogens (tertiary/aromatic N) is 1. The molecule has 1 unspecified atom stereocenters. The number of carboxylic acid groups (broad SMARTS) is 1. The highest BCUT2D eigenvalue weighted by molar-refractivity contribution is 6.34. The van der Waals surface area contributed by atoms with Crippen molar-refractivity contribution in [1.29, 1.82) is 0 Å². The number of halogens is 2. The number of carbonyl (C=O) groups is 1. The van der Waals surface area contributed by atoms with E-state index < -0.39 is 6.09 Å². The van der Waals surface area contributed by atoms with Crippen molar-refractivity contribution in [2.75, 3.05) is 0 Å². The minimum atomic E-state index is -1.01. The molecule has 0 fully saturated rings. The van der Waals surface area contributed by atoms with Gasteiger partial charge in [-0.05, 0) is 34.6 Å². The average Bonchev–Trinajstić information content (AvgIpc) is 2.71. The third kappa shape index (κ3) is 3.01. The molecule has 0 bridgehead atoms. The lowest BCUT2D eigenvalue weighted by molar-refractivity contribution is 0.175. The second-order valence-corrected chi connectivity index (χ2v) is 7.24. The molecule has 0 saturated heterocycles. The van der Waals surface area contributed by atoms with Gasteiger partial charge in [0, 0.05) is 11.8 Å². The van der Waals surface area contributed by atoms with Gasteiger partial charge in [0.1, 0.15) is 5.15 Å². The Hall–Kier alpha value is -1.78. The molecule has 23 heavy (non-hydrogen) atoms. The van der Waals surface area contributed by atoms with Crippen molar-refractivity contribution in [1.82, 2.24) is 10.3 Å². The third-order valence-corrected chi connectivity index (χ3v) is 4.79. The lowest BCUT2D eigenvalue weighted by Crippen LogP contribution is -2.34. The zero-order chi connectivity index (χ0) is 16.8. The molecule has 3 rings (SSSR count). The maximum Gasteiger partial charge on any atom is 0.405 e. The fourth-order valence-electron chi connectivity index (χ4n) is 3.25. The van der Waals surface area contributed by atoms with Gasteiger partial charge in [-0.15, -0.1) is 0 Å². The molecule has 120 valence electrons. The molecule has 1 aliphatic carbocycles. The topological polar surface area (TPSA) is 62.2 Å². The van der Waals surface area contributed by atoms with Gasteiger partial charge in [0.2, 0.25) is 0 Å². The van der Waals surface area contributed by atoms with E-state index >= 15 is 0 Å². The first-order valence-corrected chi connectivity index (χ1v) is 7.97. The van der Waals surface area contributed by atoms with Gasteiger partial charge in [-0.3, -0.25) is 0 Å². The van der Waals surface area contributed by atoms with Gasteiger partial charge in [-0.1, -0.05) is 55.2 Å². The number of hydrogen-bond acceptors (Lipinski definition) is 2. The summed E-state index contributed by atoms with van der Waals surface area (Å²) in [6.45, 7) is 4.12. The summed E-state index contributed by atoms with van der Waals surface area (Å²) >= 11 is 12.2. The first-order chi connectivity index (χ1) is 10.8. The van der Waals surface area contributed by atoms with Crippen LogP contribution in [0.4, 0.5) is 4.79 Å². The van der Waals surface area contributed by atoms with E-state index in [1.54, 1.807) is 6.07 Å². The van der Waals surface area contributed by atoms with Crippen LogP contribution in [0, 0.1) is 5.41 Å². The summed E-state index contributed by atoms with van der Waals surface area (Å²) in [5.74, 6) is 0. The summed E-state index contributed by atoms with van der Waals surface area (Å²) in [7, 11) is 0. The van der Waals surface area contributed by atoms with Crippen LogP contribution >= 0.6 is 23.2 Å². The standard InChI is InChI=1S/C17H16Cl2N2O2/c1-17(2)7-10-5-9(12-6-14(19)20-8-13(12)18)3-4-11(10)15(17)21-16(22)23/h3-6,8,15,21H,7H2,1-2H3,(H,22,23). The monoisotopic (exact) mass is 350 g/mol. The fraction of sp³-hybridized carbons (Fsp3) is 0.294. The zero-order valence-corrected chi connectivity index (χ0v) is 14.2. The molecule has 1 aromatic carbocycles. The second-order valence-electron chi connectivity index (χ2n) is 6.45. The van der Waals surface area contributed by atoms with Crippen LogP contribution in [-0.2, 0) is 6.42 Å². The number of hydrogen-bond donors (Lipinski definition) is 2. The van der Waals surface area contributed by atoms with E-state index in [-0.39, 0.29) is 11.5 Å². The summed E-state index contributed by atoms with van der Waals surface area (Å²) in [5, 5.41) is 12.6. The number of rotatable bonds is 2. The van der Waals surface area contributed by atoms with Gasteiger partial charge in [0.05, 0.1) is 11.1 Å². The van der Waals surface area contributed by atoms with Crippen molar-refractivity contribution in [3.05, 3.63) is 51.8 Å². The molecule has 0 radical (unpaired) electrons. The molecule has 0 aliphatic heterocycles. The van der Waals surface area contributed by atoms with E-state index in [1.807, 2.05) is 12.1 Å². The normalized spacial score (nSPS) is 18.5. The maximum absolute atomic E-state index is 11.1. The summed E-state index contributed by atoms with van der Waals surface area (Å²) in [6, 6.07) is 7.47. The van der Waals surface area contributed by atoms with Crippen molar-refractivity contribution in [3.63, 3.8) is 0 Å². The van der Waals surface area contributed by atoms with E-state index in [2.05, 4.69) is 30.2 Å². The summed E-state index contributed by atoms with van der Waals surface area (Å²) in [5.41, 5.74) is 3.72. The second kappa shape index (κ2) is 5.69. The number of aromatic nitrogens is 1. The Bertz CT molecular complexity index is 790. The van der Waals surface area contributed by atoms with E-state index in [0.717, 1.165) is 28.7 Å². The Balaban J connectivity index is 2.05. The number of fused-ring (bicyclic) bond motifs is 1. The average molecular weight is 351 g/mol. The molecule has 1 heterocycles. The van der Waals surface area contributed by atoms with Crippen LogP contribution in [0.3, 0.4) is 0 Å². The van der Waals surface area contributed by atoms with Crippen LogP contribution in [0.1, 0.15) is 31.0 Å². The zero-order valence-electron chi connectivity index (χ0n) is 12.7. The van der Waals surface area contributed by atoms with E-state index in [9.17, 15) is 4.79 Å². The smallest absolute Gasteiger partial charge is 0.405 e. The maximum atomic E-state index is 11.1. The number of nitrogens with one attached hydrogen (secondary N) is 1. The van der Waals surface area contributed by atoms with E-state index in [4.69, 9.17) is 28.3 Å². The van der Waals surface area contributed by atoms with Crippen LogP contribution in [0.15, 0.2) is 30.5 Å². The highest BCUT2D eigenvalue weighted by Gasteiger charge is 2.40. The Kier molecular flexibility index (Phi) is 3.98. The Morgan fingerprint density at radius 3 is 2.78 bits per heavy atom. The van der Waals surface area contributed by atoms with Gasteiger partial charge in [-0.25, -0.2) is 9.78 Å². The molecule has 1 aliphatic rings. The molecule has 0 saturated carbocycles. The third-order valence-electron chi connectivity index (χ3n) is 4.28. The molecule has 6 heteroatoms. The molecular formula is C17H16Cl2N2O2. The van der Waals surface area contributed by atoms with Gasteiger partial charge >= 0.3 is 6.09 Å². The summed E-state index contributed by atoms with van der Waals surface area (Å²) < 4.78 is 0. The summed E-state index contributed by atoms with van der Waals surface area (Å²) in [4.78, 5) is 15.0. The predicted molar refractivity (Wildman–Crippen MR) is 91.1 cm³/mol. The van der Waals surface area contributed by atoms with E-state index in [1.165, 1.54) is 6.20 Å². The minimum Gasteiger partial charge on any atom is -0.465 e. The molecule has 2 N–H and O–H groups in total. The lowest BCUT2D eigenvalue weighted by Gasteiger charge is -2.27. The fourth-order valence-corrected chi connectivity index (χ4v) is 3.62. The molecule has 4 nitrogen and oxygen atoms in total. The first kappa shape index (κ1) is 16.1. The number of amides is 1. The van der Waals surface area contributed by atoms with Crippen LogP contribution < -0.4 is 5.32 Å². The molecular weight excluding hydrogens is 335 g/mol. The van der Waals surface area contributed by atoms with E-state index in [0.29, 0.717) is 10.2 Å². The first-order valence-electron chi connectivity index (χ1n) is 7.21. The van der Waals surface area contributed by atoms with Crippen LogP contribution in [0.2, 0.25) is 10.2 Å². The number of benzene rings is 1. The van der Waals surface area contributed by atoms with Gasteiger partial charge in [0.15, 0.2) is 0 Å². The predicted octanol–water partition coefficient (Wildman–Crippen LogP) is 4.95. The van der Waals surface area contributed by atoms with Gasteiger partial charge < -0.3 is 10.4 Å². The van der Waals surface area contributed by atoms with Crippen LogP contribution in [0.5, 0.6) is 0 Å². The Morgan fingerprint density at radius 2 is 2.09 bits per heavy atom. The minimum absolute atomic E-state index is 0.182. The van der Waals surface area contributed by atoms with Crippen molar-refractivity contribution < 1.29 is 9.90 Å². The van der Waals surface area contributed by atoms with Crippen molar-refractivity contribution in [2.24, 2.45) is 5.41 Å². The largest absolute Gasteiger partial charge is 0.465 e. The highest BCUT2D eigenvalue weighted by Crippen LogP contribution is 2.46. The SMILES string of the molecule is CC1(C)Cc2cc(-c3cc(Cl)ncc3Cl)ccc2C1NC(=O)O. The highest BCUT2D eigenvalue weighted by atomic mass is 35.5. The lowest BCUT2D eigenvalue weighted by atomic mass is 9.85. The molecule has 1 aromatic heterocycles. The van der Waals surface area contributed by atoms with Crippen LogP contribution in [0.25, 0.3) is 11.1 Å². The van der Waals surface area contributed by atoms with Crippen LogP contribution in [-0.4, -0.2) is 16.2 Å². The molecule has 1 atom stereocenters. The molecule has 0 spiro atoms. The van der Waals surface area contributed by atoms with Gasteiger partial charge in [-0.2, -0.15) is 0 Å². The van der Waals surface area contributed by atoms with Gasteiger partial charge in [0.25, 0.3) is 0 Å². The Morgan fingerprint density at radius 1 is 1.35 bits per heavy atom. The van der Waals surface area contributed by atoms with Crippen molar-refractivity contribution in [3.8, 4) is 11.1 Å². The Labute approximate surface area is 144 Å². The number of pyridine rings is 1. The summed E-state index contributed by atoms with van der Waals surface area (Å²) in [6.07, 6.45) is 1.31.